The number of halogens is 1. The number of nitrogen functional groups attached to an aromatic ring is 1. The summed E-state index contributed by atoms with van der Waals surface area (Å²) < 4.78 is 0. The fourth-order valence-electron chi connectivity index (χ4n) is 2.29. The summed E-state index contributed by atoms with van der Waals surface area (Å²) in [5.41, 5.74) is 8.77. The van der Waals surface area contributed by atoms with E-state index in [0.29, 0.717) is 0 Å². The summed E-state index contributed by atoms with van der Waals surface area (Å²) in [6.07, 6.45) is 1.88. The third-order valence-corrected chi connectivity index (χ3v) is 3.20. The minimum Gasteiger partial charge on any atom is -0.398 e. The molecule has 1 aromatic carbocycles. The van der Waals surface area contributed by atoms with Gasteiger partial charge in [0, 0.05) is 25.0 Å². The predicted molar refractivity (Wildman–Crippen MR) is 81.2 cm³/mol. The van der Waals surface area contributed by atoms with E-state index >= 15 is 0 Å². The third kappa shape index (κ3) is 3.54. The standard InChI is InChI=1S/C13H18N4O2.ClH/c1-15-13(19)16-12(18)8-17-7-3-4-9-10(14)5-2-6-11(9)17;/h2,5-6H,3-4,7-8,14H2,1H3,(H2,15,16,18,19);1H. The minimum atomic E-state index is -0.491. The molecule has 0 spiro atoms. The van der Waals surface area contributed by atoms with Crippen molar-refractivity contribution in [3.63, 3.8) is 0 Å². The lowest BCUT2D eigenvalue weighted by Gasteiger charge is -2.31. The average molecular weight is 299 g/mol. The normalized spacial score (nSPS) is 12.9. The first-order chi connectivity index (χ1) is 9.11. The van der Waals surface area contributed by atoms with E-state index in [2.05, 4.69) is 10.6 Å². The van der Waals surface area contributed by atoms with Crippen LogP contribution in [-0.4, -0.2) is 32.1 Å². The number of hydrogen-bond acceptors (Lipinski definition) is 4. The van der Waals surface area contributed by atoms with Gasteiger partial charge in [-0.1, -0.05) is 6.07 Å². The number of benzene rings is 1. The zero-order valence-corrected chi connectivity index (χ0v) is 12.1. The van der Waals surface area contributed by atoms with Gasteiger partial charge in [-0.25, -0.2) is 4.79 Å². The van der Waals surface area contributed by atoms with Crippen LogP contribution in [0.5, 0.6) is 0 Å². The lowest BCUT2D eigenvalue weighted by atomic mass is 10.00. The molecule has 1 aliphatic heterocycles. The van der Waals surface area contributed by atoms with E-state index in [4.69, 9.17) is 5.73 Å². The van der Waals surface area contributed by atoms with Gasteiger partial charge < -0.3 is 16.0 Å². The van der Waals surface area contributed by atoms with Crippen LogP contribution in [0.25, 0.3) is 0 Å². The van der Waals surface area contributed by atoms with Crippen molar-refractivity contribution < 1.29 is 9.59 Å². The van der Waals surface area contributed by atoms with Crippen LogP contribution in [0.3, 0.4) is 0 Å². The van der Waals surface area contributed by atoms with Crippen molar-refractivity contribution >= 4 is 35.7 Å². The molecule has 0 unspecified atom stereocenters. The topological polar surface area (TPSA) is 87.5 Å². The highest BCUT2D eigenvalue weighted by Crippen LogP contribution is 2.30. The Kier molecular flexibility index (Phi) is 5.64. The molecule has 110 valence electrons. The predicted octanol–water partition coefficient (Wildman–Crippen LogP) is 0.899. The van der Waals surface area contributed by atoms with Gasteiger partial charge in [-0.05, 0) is 30.5 Å². The van der Waals surface area contributed by atoms with E-state index < -0.39 is 6.03 Å². The van der Waals surface area contributed by atoms with Crippen LogP contribution in [0.4, 0.5) is 16.2 Å². The SMILES string of the molecule is CNC(=O)NC(=O)CN1CCCc2c(N)cccc21.Cl. The molecule has 1 heterocycles. The number of amides is 3. The van der Waals surface area contributed by atoms with Gasteiger partial charge in [-0.3, -0.25) is 10.1 Å². The average Bonchev–Trinajstić information content (AvgIpc) is 2.39. The van der Waals surface area contributed by atoms with E-state index in [0.717, 1.165) is 36.3 Å². The summed E-state index contributed by atoms with van der Waals surface area (Å²) in [4.78, 5) is 24.8. The molecule has 1 aromatic rings. The number of anilines is 2. The maximum Gasteiger partial charge on any atom is 0.321 e. The second kappa shape index (κ2) is 7.00. The molecule has 7 heteroatoms. The summed E-state index contributed by atoms with van der Waals surface area (Å²) in [5.74, 6) is -0.324. The van der Waals surface area contributed by atoms with Crippen LogP contribution < -0.4 is 21.3 Å². The molecular weight excluding hydrogens is 280 g/mol. The molecule has 0 saturated heterocycles. The third-order valence-electron chi connectivity index (χ3n) is 3.20. The molecule has 0 aliphatic carbocycles. The fourth-order valence-corrected chi connectivity index (χ4v) is 2.29. The Morgan fingerprint density at radius 3 is 2.85 bits per heavy atom. The highest BCUT2D eigenvalue weighted by atomic mass is 35.5. The van der Waals surface area contributed by atoms with Gasteiger partial charge in [0.2, 0.25) is 5.91 Å². The van der Waals surface area contributed by atoms with Gasteiger partial charge in [-0.15, -0.1) is 12.4 Å². The largest absolute Gasteiger partial charge is 0.398 e. The monoisotopic (exact) mass is 298 g/mol. The smallest absolute Gasteiger partial charge is 0.321 e. The van der Waals surface area contributed by atoms with E-state index in [9.17, 15) is 9.59 Å². The molecule has 6 nitrogen and oxygen atoms in total. The molecule has 0 saturated carbocycles. The summed E-state index contributed by atoms with van der Waals surface area (Å²) in [6, 6.07) is 5.21. The Morgan fingerprint density at radius 2 is 2.15 bits per heavy atom. The Morgan fingerprint density at radius 1 is 1.40 bits per heavy atom. The number of urea groups is 1. The molecular formula is C13H19ClN4O2. The minimum absolute atomic E-state index is 0. The Bertz CT molecular complexity index is 507. The number of carbonyl (C=O) groups excluding carboxylic acids is 2. The first-order valence-corrected chi connectivity index (χ1v) is 6.25. The van der Waals surface area contributed by atoms with Crippen molar-refractivity contribution in [3.05, 3.63) is 23.8 Å². The van der Waals surface area contributed by atoms with Gasteiger partial charge in [0.25, 0.3) is 0 Å². The van der Waals surface area contributed by atoms with Crippen molar-refractivity contribution in [2.24, 2.45) is 0 Å². The highest BCUT2D eigenvalue weighted by Gasteiger charge is 2.20. The number of hydrogen-bond donors (Lipinski definition) is 3. The van der Waals surface area contributed by atoms with Crippen molar-refractivity contribution in [2.75, 3.05) is 30.8 Å². The van der Waals surface area contributed by atoms with Crippen LogP contribution in [0, 0.1) is 0 Å². The Hall–Kier alpha value is -1.95. The van der Waals surface area contributed by atoms with Crippen molar-refractivity contribution in [2.45, 2.75) is 12.8 Å². The quantitative estimate of drug-likeness (QED) is 0.708. The van der Waals surface area contributed by atoms with Crippen molar-refractivity contribution in [1.82, 2.24) is 10.6 Å². The zero-order chi connectivity index (χ0) is 13.8. The van der Waals surface area contributed by atoms with Gasteiger partial charge in [-0.2, -0.15) is 0 Å². The van der Waals surface area contributed by atoms with Crippen molar-refractivity contribution in [3.8, 4) is 0 Å². The number of nitrogens with one attached hydrogen (secondary N) is 2. The molecule has 0 aromatic heterocycles. The fraction of sp³-hybridized carbons (Fsp3) is 0.385. The van der Waals surface area contributed by atoms with E-state index in [-0.39, 0.29) is 24.9 Å². The van der Waals surface area contributed by atoms with Crippen LogP contribution in [0.2, 0.25) is 0 Å². The highest BCUT2D eigenvalue weighted by molar-refractivity contribution is 5.96. The number of nitrogens with two attached hydrogens (primary N) is 1. The van der Waals surface area contributed by atoms with Gasteiger partial charge in [0.05, 0.1) is 6.54 Å². The number of rotatable bonds is 2. The summed E-state index contributed by atoms with van der Waals surface area (Å²) in [7, 11) is 1.47. The molecule has 0 fully saturated rings. The maximum absolute atomic E-state index is 11.7. The van der Waals surface area contributed by atoms with Crippen LogP contribution in [-0.2, 0) is 11.2 Å². The van der Waals surface area contributed by atoms with Gasteiger partial charge in [0.1, 0.15) is 0 Å². The molecule has 4 N–H and O–H groups in total. The number of fused-ring (bicyclic) bond motifs is 1. The van der Waals surface area contributed by atoms with Gasteiger partial charge in [0.15, 0.2) is 0 Å². The summed E-state index contributed by atoms with van der Waals surface area (Å²) >= 11 is 0. The lowest BCUT2D eigenvalue weighted by molar-refractivity contribution is -0.118. The van der Waals surface area contributed by atoms with E-state index in [1.165, 1.54) is 7.05 Å². The number of nitrogens with zero attached hydrogens (tertiary/aromatic N) is 1. The van der Waals surface area contributed by atoms with E-state index in [1.54, 1.807) is 0 Å². The van der Waals surface area contributed by atoms with Crippen LogP contribution >= 0.6 is 12.4 Å². The molecule has 0 atom stereocenters. The van der Waals surface area contributed by atoms with Crippen molar-refractivity contribution in [1.29, 1.82) is 0 Å². The summed E-state index contributed by atoms with van der Waals surface area (Å²) in [5, 5.41) is 4.61. The number of carbonyl (C=O) groups is 2. The molecule has 0 bridgehead atoms. The molecule has 3 amide bonds. The first-order valence-electron chi connectivity index (χ1n) is 6.25. The molecule has 20 heavy (non-hydrogen) atoms. The molecule has 0 radical (unpaired) electrons. The van der Waals surface area contributed by atoms with Crippen LogP contribution in [0.1, 0.15) is 12.0 Å². The lowest BCUT2D eigenvalue weighted by Crippen LogP contribution is -2.44. The van der Waals surface area contributed by atoms with E-state index in [1.807, 2.05) is 23.1 Å². The maximum atomic E-state index is 11.7. The Balaban J connectivity index is 0.00000200. The number of imide groups is 1. The second-order valence-corrected chi connectivity index (χ2v) is 4.50. The molecule has 1 aliphatic rings. The zero-order valence-electron chi connectivity index (χ0n) is 11.3. The second-order valence-electron chi connectivity index (χ2n) is 4.50. The van der Waals surface area contributed by atoms with Crippen LogP contribution in [0.15, 0.2) is 18.2 Å². The first kappa shape index (κ1) is 16.1. The summed E-state index contributed by atoms with van der Waals surface area (Å²) in [6.45, 7) is 0.946. The Labute approximate surface area is 124 Å². The van der Waals surface area contributed by atoms with Gasteiger partial charge >= 0.3 is 6.03 Å². The molecule has 2 rings (SSSR count).